The zero-order valence-electron chi connectivity index (χ0n) is 7.10. The molecule has 0 bridgehead atoms. The summed E-state index contributed by atoms with van der Waals surface area (Å²) in [4.78, 5) is 27.7. The first kappa shape index (κ1) is 8.38. The number of rotatable bonds is 1. The highest BCUT2D eigenvalue weighted by atomic mass is 16.2. The van der Waals surface area contributed by atoms with E-state index in [-0.39, 0.29) is 12.1 Å². The molecule has 0 fully saturated rings. The fourth-order valence-electron chi connectivity index (χ4n) is 1.35. The Morgan fingerprint density at radius 2 is 2.07 bits per heavy atom. The third-order valence-electron chi connectivity index (χ3n) is 2.00. The van der Waals surface area contributed by atoms with Gasteiger partial charge in [0, 0.05) is 12.4 Å². The van der Waals surface area contributed by atoms with Crippen LogP contribution in [0.25, 0.3) is 0 Å². The molecule has 1 aromatic heterocycles. The molecule has 0 unspecified atom stereocenters. The molecule has 1 aliphatic rings. The lowest BCUT2D eigenvalue weighted by Crippen LogP contribution is -2.29. The molecule has 2 heterocycles. The van der Waals surface area contributed by atoms with Gasteiger partial charge in [-0.15, -0.1) is 0 Å². The minimum atomic E-state index is -0.445. The van der Waals surface area contributed by atoms with E-state index in [1.807, 2.05) is 0 Å². The number of nitrogens with zero attached hydrogens (tertiary/aromatic N) is 3. The zero-order valence-corrected chi connectivity index (χ0v) is 7.10. The molecule has 2 rings (SSSR count). The summed E-state index contributed by atoms with van der Waals surface area (Å²) in [7, 11) is 0. The van der Waals surface area contributed by atoms with Gasteiger partial charge in [-0.05, 0) is 6.07 Å². The predicted octanol–water partition coefficient (Wildman–Crippen LogP) is 0.201. The van der Waals surface area contributed by atoms with Gasteiger partial charge in [-0.25, -0.2) is 0 Å². The van der Waals surface area contributed by atoms with Gasteiger partial charge < -0.3 is 0 Å². The van der Waals surface area contributed by atoms with Crippen molar-refractivity contribution in [1.29, 1.82) is 5.26 Å². The van der Waals surface area contributed by atoms with Gasteiger partial charge in [0.25, 0.3) is 11.8 Å². The molecular weight excluding hydrogens is 182 g/mol. The van der Waals surface area contributed by atoms with E-state index in [4.69, 9.17) is 5.26 Å². The molecule has 14 heavy (non-hydrogen) atoms. The first-order valence-electron chi connectivity index (χ1n) is 3.93. The van der Waals surface area contributed by atoms with Crippen molar-refractivity contribution in [3.8, 4) is 6.07 Å². The summed E-state index contributed by atoms with van der Waals surface area (Å²) in [6.07, 6.45) is 2.78. The lowest BCUT2D eigenvalue weighted by atomic mass is 10.2. The normalized spacial score (nSPS) is 14.1. The molecule has 0 radical (unpaired) electrons. The minimum absolute atomic E-state index is 0.216. The second-order valence-corrected chi connectivity index (χ2v) is 2.78. The predicted molar refractivity (Wildman–Crippen MR) is 45.2 cm³/mol. The van der Waals surface area contributed by atoms with Crippen LogP contribution in [0.5, 0.6) is 0 Å². The number of aromatic nitrogens is 1. The molecular formula is C9H5N3O2. The van der Waals surface area contributed by atoms with E-state index in [2.05, 4.69) is 4.98 Å². The summed E-state index contributed by atoms with van der Waals surface area (Å²) in [5.41, 5.74) is 0.591. The third kappa shape index (κ3) is 0.977. The molecule has 5 heteroatoms. The summed E-state index contributed by atoms with van der Waals surface area (Å²) < 4.78 is 0. The lowest BCUT2D eigenvalue weighted by molar-refractivity contribution is 0.0674. The highest BCUT2D eigenvalue weighted by Crippen LogP contribution is 2.20. The highest BCUT2D eigenvalue weighted by Gasteiger charge is 2.35. The van der Waals surface area contributed by atoms with Crippen LogP contribution in [0.3, 0.4) is 0 Å². The first-order chi connectivity index (χ1) is 6.75. The van der Waals surface area contributed by atoms with Crippen LogP contribution in [0.1, 0.15) is 20.7 Å². The van der Waals surface area contributed by atoms with Gasteiger partial charge in [-0.1, -0.05) is 0 Å². The lowest BCUT2D eigenvalue weighted by Gasteiger charge is -2.06. The Morgan fingerprint density at radius 3 is 2.71 bits per heavy atom. The number of amides is 2. The number of hydrogen-bond donors (Lipinski definition) is 0. The van der Waals surface area contributed by atoms with Crippen LogP contribution in [0.2, 0.25) is 0 Å². The van der Waals surface area contributed by atoms with Gasteiger partial charge in [0.2, 0.25) is 0 Å². The van der Waals surface area contributed by atoms with Crippen LogP contribution >= 0.6 is 0 Å². The number of imide groups is 1. The van der Waals surface area contributed by atoms with Crippen LogP contribution in [0.15, 0.2) is 18.5 Å². The van der Waals surface area contributed by atoms with Crippen molar-refractivity contribution in [3.05, 3.63) is 29.6 Å². The fraction of sp³-hybridized carbons (Fsp3) is 0.111. The van der Waals surface area contributed by atoms with E-state index in [9.17, 15) is 9.59 Å². The Hall–Kier alpha value is -2.22. The number of pyridine rings is 1. The summed E-state index contributed by atoms with van der Waals surface area (Å²) in [6, 6.07) is 3.25. The Kier molecular flexibility index (Phi) is 1.75. The molecule has 68 valence electrons. The van der Waals surface area contributed by atoms with Gasteiger partial charge in [0.05, 0.1) is 17.2 Å². The molecule has 5 nitrogen and oxygen atoms in total. The quantitative estimate of drug-likeness (QED) is 0.465. The highest BCUT2D eigenvalue weighted by molar-refractivity contribution is 6.21. The monoisotopic (exact) mass is 187 g/mol. The number of hydrogen-bond acceptors (Lipinski definition) is 4. The largest absolute Gasteiger partial charge is 0.269 e. The van der Waals surface area contributed by atoms with Crippen LogP contribution in [-0.2, 0) is 0 Å². The van der Waals surface area contributed by atoms with Crippen molar-refractivity contribution in [2.45, 2.75) is 0 Å². The van der Waals surface area contributed by atoms with Crippen LogP contribution in [0, 0.1) is 11.3 Å². The molecule has 0 aliphatic carbocycles. The van der Waals surface area contributed by atoms with Crippen molar-refractivity contribution < 1.29 is 9.59 Å². The van der Waals surface area contributed by atoms with Gasteiger partial charge >= 0.3 is 0 Å². The maximum absolute atomic E-state index is 11.5. The van der Waals surface area contributed by atoms with E-state index in [0.29, 0.717) is 5.56 Å². The number of carbonyl (C=O) groups excluding carboxylic acids is 2. The van der Waals surface area contributed by atoms with E-state index in [1.54, 1.807) is 6.07 Å². The van der Waals surface area contributed by atoms with E-state index < -0.39 is 11.8 Å². The standard InChI is InChI=1S/C9H5N3O2/c10-2-4-12-8(13)6-1-3-11-5-7(6)9(12)14/h1,3,5H,4H2. The molecule has 0 saturated carbocycles. The van der Waals surface area contributed by atoms with Crippen LogP contribution in [-0.4, -0.2) is 28.2 Å². The van der Waals surface area contributed by atoms with E-state index >= 15 is 0 Å². The second kappa shape index (κ2) is 2.92. The molecule has 0 saturated heterocycles. The Morgan fingerprint density at radius 1 is 1.36 bits per heavy atom. The van der Waals surface area contributed by atoms with Gasteiger partial charge in [-0.3, -0.25) is 19.5 Å². The average Bonchev–Trinajstić information content (AvgIpc) is 2.45. The first-order valence-corrected chi connectivity index (χ1v) is 3.93. The summed E-state index contributed by atoms with van der Waals surface area (Å²) >= 11 is 0. The van der Waals surface area contributed by atoms with E-state index in [0.717, 1.165) is 4.90 Å². The average molecular weight is 187 g/mol. The Balaban J connectivity index is 2.49. The smallest absolute Gasteiger partial charge is 0.264 e. The Labute approximate surface area is 79.6 Å². The molecule has 2 amide bonds. The molecule has 0 atom stereocenters. The maximum atomic E-state index is 11.5. The van der Waals surface area contributed by atoms with Gasteiger partial charge in [0.1, 0.15) is 6.54 Å². The van der Waals surface area contributed by atoms with Crippen molar-refractivity contribution >= 4 is 11.8 Å². The fourth-order valence-corrected chi connectivity index (χ4v) is 1.35. The number of nitriles is 1. The van der Waals surface area contributed by atoms with Crippen LogP contribution in [0.4, 0.5) is 0 Å². The second-order valence-electron chi connectivity index (χ2n) is 2.78. The minimum Gasteiger partial charge on any atom is -0.269 e. The zero-order chi connectivity index (χ0) is 10.1. The van der Waals surface area contributed by atoms with Crippen molar-refractivity contribution in [1.82, 2.24) is 9.88 Å². The van der Waals surface area contributed by atoms with Crippen molar-refractivity contribution in [3.63, 3.8) is 0 Å². The van der Waals surface area contributed by atoms with E-state index in [1.165, 1.54) is 18.5 Å². The Bertz CT molecular complexity index is 426. The number of carbonyl (C=O) groups is 2. The molecule has 1 aliphatic heterocycles. The van der Waals surface area contributed by atoms with Gasteiger partial charge in [-0.2, -0.15) is 5.26 Å². The maximum Gasteiger partial charge on any atom is 0.264 e. The summed E-state index contributed by atoms with van der Waals surface area (Å²) in [6.45, 7) is -0.216. The topological polar surface area (TPSA) is 74.1 Å². The SMILES string of the molecule is N#CCN1C(=O)c2ccncc2C1=O. The molecule has 0 spiro atoms. The summed E-state index contributed by atoms with van der Waals surface area (Å²) in [5.74, 6) is -0.867. The molecule has 0 N–H and O–H groups in total. The van der Waals surface area contributed by atoms with Crippen LogP contribution < -0.4 is 0 Å². The summed E-state index contributed by atoms with van der Waals surface area (Å²) in [5, 5.41) is 8.43. The van der Waals surface area contributed by atoms with Crippen molar-refractivity contribution in [2.24, 2.45) is 0 Å². The third-order valence-corrected chi connectivity index (χ3v) is 2.00. The molecule has 0 aromatic carbocycles. The van der Waals surface area contributed by atoms with Gasteiger partial charge in [0.15, 0.2) is 0 Å². The number of fused-ring (bicyclic) bond motifs is 1. The van der Waals surface area contributed by atoms with Crippen molar-refractivity contribution in [2.75, 3.05) is 6.54 Å². The molecule has 1 aromatic rings.